The van der Waals surface area contributed by atoms with Gasteiger partial charge in [-0.15, -0.1) is 0 Å². The van der Waals surface area contributed by atoms with Crippen molar-refractivity contribution in [1.29, 1.82) is 0 Å². The van der Waals surface area contributed by atoms with Crippen LogP contribution in [0.3, 0.4) is 0 Å². The van der Waals surface area contributed by atoms with Crippen LogP contribution < -0.4 is 5.32 Å². The van der Waals surface area contributed by atoms with E-state index in [0.717, 1.165) is 17.7 Å². The Kier molecular flexibility index (Phi) is 4.26. The second-order valence-corrected chi connectivity index (χ2v) is 6.32. The lowest BCUT2D eigenvalue weighted by Gasteiger charge is -2.17. The van der Waals surface area contributed by atoms with E-state index in [4.69, 9.17) is 11.6 Å². The van der Waals surface area contributed by atoms with Crippen molar-refractivity contribution in [2.24, 2.45) is 7.05 Å². The molecule has 1 aliphatic carbocycles. The number of amides is 2. The average Bonchev–Trinajstić information content (AvgIpc) is 3.15. The largest absolute Gasteiger partial charge is 0.335 e. The number of aromatic nitrogens is 2. The number of carbonyl (C=O) groups excluding carboxylic acids is 1. The van der Waals surface area contributed by atoms with Gasteiger partial charge >= 0.3 is 6.03 Å². The van der Waals surface area contributed by atoms with E-state index in [1.165, 1.54) is 6.07 Å². The summed E-state index contributed by atoms with van der Waals surface area (Å²) in [5, 5.41) is 7.33. The van der Waals surface area contributed by atoms with Crippen molar-refractivity contribution in [1.82, 2.24) is 20.0 Å². The zero-order valence-corrected chi connectivity index (χ0v) is 13.7. The molecule has 1 fully saturated rings. The van der Waals surface area contributed by atoms with Crippen LogP contribution in [0.1, 0.15) is 23.6 Å². The third-order valence-electron chi connectivity index (χ3n) is 3.99. The van der Waals surface area contributed by atoms with Crippen molar-refractivity contribution in [3.63, 3.8) is 0 Å². The summed E-state index contributed by atoms with van der Waals surface area (Å²) in [4.78, 5) is 13.8. The summed E-state index contributed by atoms with van der Waals surface area (Å²) in [6.45, 7) is 0.444. The Morgan fingerprint density at radius 2 is 2.30 bits per heavy atom. The fraction of sp³-hybridized carbons (Fsp3) is 0.375. The van der Waals surface area contributed by atoms with Gasteiger partial charge in [0, 0.05) is 32.3 Å². The molecule has 1 aromatic heterocycles. The Bertz CT molecular complexity index is 733. The molecule has 2 atom stereocenters. The Morgan fingerprint density at radius 3 is 2.96 bits per heavy atom. The van der Waals surface area contributed by atoms with Gasteiger partial charge in [0.25, 0.3) is 0 Å². The van der Waals surface area contributed by atoms with E-state index in [1.54, 1.807) is 28.8 Å². The van der Waals surface area contributed by atoms with E-state index >= 15 is 0 Å². The molecule has 0 unspecified atom stereocenters. The molecule has 1 saturated carbocycles. The molecule has 2 aromatic rings. The minimum Gasteiger partial charge on any atom is -0.335 e. The fourth-order valence-corrected chi connectivity index (χ4v) is 2.71. The molecule has 23 heavy (non-hydrogen) atoms. The van der Waals surface area contributed by atoms with E-state index in [1.807, 2.05) is 19.3 Å². The number of urea groups is 1. The second-order valence-electron chi connectivity index (χ2n) is 5.91. The van der Waals surface area contributed by atoms with Crippen LogP contribution >= 0.6 is 11.6 Å². The second kappa shape index (κ2) is 6.20. The molecule has 0 saturated heterocycles. The van der Waals surface area contributed by atoms with Gasteiger partial charge in [-0.05, 0) is 30.2 Å². The number of rotatable bonds is 4. The van der Waals surface area contributed by atoms with Crippen LogP contribution in [-0.4, -0.2) is 33.8 Å². The molecule has 1 N–H and O–H groups in total. The number of hydrogen-bond acceptors (Lipinski definition) is 2. The number of carbonyl (C=O) groups is 1. The lowest BCUT2D eigenvalue weighted by Crippen LogP contribution is -2.38. The van der Waals surface area contributed by atoms with Crippen molar-refractivity contribution in [2.45, 2.75) is 24.9 Å². The third-order valence-corrected chi connectivity index (χ3v) is 4.29. The summed E-state index contributed by atoms with van der Waals surface area (Å²) in [5.41, 5.74) is 1.70. The average molecular weight is 337 g/mol. The Balaban J connectivity index is 1.54. The van der Waals surface area contributed by atoms with Crippen LogP contribution in [0.5, 0.6) is 0 Å². The van der Waals surface area contributed by atoms with Gasteiger partial charge in [0.05, 0.1) is 17.3 Å². The summed E-state index contributed by atoms with van der Waals surface area (Å²) in [7, 11) is 3.56. The summed E-state index contributed by atoms with van der Waals surface area (Å²) in [6.07, 6.45) is 2.65. The molecule has 5 nitrogen and oxygen atoms in total. The van der Waals surface area contributed by atoms with Crippen molar-refractivity contribution >= 4 is 17.6 Å². The van der Waals surface area contributed by atoms with Crippen LogP contribution in [0.15, 0.2) is 30.5 Å². The quantitative estimate of drug-likeness (QED) is 0.933. The van der Waals surface area contributed by atoms with Crippen LogP contribution in [0.2, 0.25) is 5.02 Å². The molecule has 0 aliphatic heterocycles. The van der Waals surface area contributed by atoms with Crippen LogP contribution in [0.25, 0.3) is 0 Å². The number of nitrogens with one attached hydrogen (secondary N) is 1. The van der Waals surface area contributed by atoms with Crippen molar-refractivity contribution in [2.75, 3.05) is 7.05 Å². The predicted molar refractivity (Wildman–Crippen MR) is 85.8 cm³/mol. The van der Waals surface area contributed by atoms with Crippen LogP contribution in [0.4, 0.5) is 9.18 Å². The van der Waals surface area contributed by atoms with Gasteiger partial charge in [0.15, 0.2) is 0 Å². The Labute approximate surface area is 139 Å². The SMILES string of the molecule is CN(Cc1ccn(C)n1)C(=O)N[C@@H]1C[C@H]1c1ccc(Cl)c(F)c1. The molecule has 3 rings (SSSR count). The summed E-state index contributed by atoms with van der Waals surface area (Å²) in [6, 6.07) is 6.56. The maximum atomic E-state index is 13.5. The highest BCUT2D eigenvalue weighted by Gasteiger charge is 2.40. The van der Waals surface area contributed by atoms with E-state index in [2.05, 4.69) is 10.4 Å². The number of hydrogen-bond donors (Lipinski definition) is 1. The molecule has 0 bridgehead atoms. The fourth-order valence-electron chi connectivity index (χ4n) is 2.60. The summed E-state index contributed by atoms with van der Waals surface area (Å²) < 4.78 is 15.2. The third kappa shape index (κ3) is 3.64. The molecule has 1 aromatic carbocycles. The summed E-state index contributed by atoms with van der Waals surface area (Å²) >= 11 is 5.69. The number of aryl methyl sites for hydroxylation is 1. The molecular formula is C16H18ClFN4O. The van der Waals surface area contributed by atoms with Crippen molar-refractivity contribution < 1.29 is 9.18 Å². The topological polar surface area (TPSA) is 50.2 Å². The lowest BCUT2D eigenvalue weighted by atomic mass is 10.1. The zero-order chi connectivity index (χ0) is 16.6. The van der Waals surface area contributed by atoms with Gasteiger partial charge in [-0.25, -0.2) is 9.18 Å². The number of benzene rings is 1. The van der Waals surface area contributed by atoms with Gasteiger partial charge < -0.3 is 10.2 Å². The molecule has 122 valence electrons. The maximum Gasteiger partial charge on any atom is 0.317 e. The molecule has 7 heteroatoms. The number of nitrogens with zero attached hydrogens (tertiary/aromatic N) is 3. The number of halogens is 2. The van der Waals surface area contributed by atoms with Gasteiger partial charge in [-0.1, -0.05) is 17.7 Å². The minimum atomic E-state index is -0.423. The minimum absolute atomic E-state index is 0.0364. The molecular weight excluding hydrogens is 319 g/mol. The van der Waals surface area contributed by atoms with Crippen molar-refractivity contribution in [3.05, 3.63) is 52.6 Å². The van der Waals surface area contributed by atoms with Crippen LogP contribution in [0, 0.1) is 5.82 Å². The highest BCUT2D eigenvalue weighted by atomic mass is 35.5. The molecule has 0 spiro atoms. The van der Waals surface area contributed by atoms with Gasteiger partial charge in [0.2, 0.25) is 0 Å². The standard InChI is InChI=1S/C16H18ClFN4O/c1-21(9-11-5-6-22(2)20-11)16(23)19-15-8-12(15)10-3-4-13(17)14(18)7-10/h3-7,12,15H,8-9H2,1-2H3,(H,19,23)/t12-,15+/m0/s1. The highest BCUT2D eigenvalue weighted by Crippen LogP contribution is 2.41. The van der Waals surface area contributed by atoms with Crippen molar-refractivity contribution in [3.8, 4) is 0 Å². The molecule has 2 amide bonds. The van der Waals surface area contributed by atoms with E-state index in [-0.39, 0.29) is 23.0 Å². The Morgan fingerprint density at radius 1 is 1.52 bits per heavy atom. The van der Waals surface area contributed by atoms with E-state index in [9.17, 15) is 9.18 Å². The first-order valence-electron chi connectivity index (χ1n) is 7.39. The predicted octanol–water partition coefficient (Wildman–Crippen LogP) is 2.91. The maximum absolute atomic E-state index is 13.5. The molecule has 1 heterocycles. The van der Waals surface area contributed by atoms with Gasteiger partial charge in [-0.2, -0.15) is 5.10 Å². The monoisotopic (exact) mass is 336 g/mol. The van der Waals surface area contributed by atoms with Gasteiger partial charge in [-0.3, -0.25) is 4.68 Å². The summed E-state index contributed by atoms with van der Waals surface area (Å²) in [5.74, 6) is -0.276. The first-order chi connectivity index (χ1) is 10.9. The lowest BCUT2D eigenvalue weighted by molar-refractivity contribution is 0.205. The van der Waals surface area contributed by atoms with Crippen LogP contribution in [-0.2, 0) is 13.6 Å². The first kappa shape index (κ1) is 15.8. The smallest absolute Gasteiger partial charge is 0.317 e. The Hall–Kier alpha value is -2.08. The zero-order valence-electron chi connectivity index (χ0n) is 13.0. The molecule has 0 radical (unpaired) electrons. The van der Waals surface area contributed by atoms with E-state index < -0.39 is 5.82 Å². The first-order valence-corrected chi connectivity index (χ1v) is 7.77. The van der Waals surface area contributed by atoms with Gasteiger partial charge in [0.1, 0.15) is 5.82 Å². The van der Waals surface area contributed by atoms with E-state index in [0.29, 0.717) is 6.54 Å². The normalized spacial score (nSPS) is 19.5. The highest BCUT2D eigenvalue weighted by molar-refractivity contribution is 6.30. The molecule has 1 aliphatic rings.